The molecule has 2 fully saturated rings. The molecule has 2 heterocycles. The van der Waals surface area contributed by atoms with Crippen molar-refractivity contribution in [3.05, 3.63) is 26.4 Å². The zero-order valence-electron chi connectivity index (χ0n) is 15.4. The molecule has 1 aliphatic carbocycles. The van der Waals surface area contributed by atoms with E-state index >= 15 is 0 Å². The predicted octanol–water partition coefficient (Wildman–Crippen LogP) is 0.135. The molecule has 0 bridgehead atoms. The molecule has 26 heavy (non-hydrogen) atoms. The molecule has 142 valence electrons. The summed E-state index contributed by atoms with van der Waals surface area (Å²) in [6.45, 7) is 1.72. The van der Waals surface area contributed by atoms with Gasteiger partial charge in [0.05, 0.1) is 6.10 Å². The van der Waals surface area contributed by atoms with Gasteiger partial charge in [-0.1, -0.05) is 12.8 Å². The third-order valence-electron chi connectivity index (χ3n) is 5.81. The number of hydrogen-bond acceptors (Lipinski definition) is 6. The number of nitrogens with one attached hydrogen (secondary N) is 1. The van der Waals surface area contributed by atoms with Crippen LogP contribution in [0.1, 0.15) is 44.1 Å². The van der Waals surface area contributed by atoms with E-state index in [0.29, 0.717) is 5.82 Å². The monoisotopic (exact) mass is 361 g/mol. The molecule has 1 aromatic heterocycles. The standard InChI is InChI=1S/C18H27N5O3/c1-21-16(13(11-19)17(25)22(2)18(21)26)20-12-7-9-23(10-8-12)14-5-3-4-6-15(14)24/h12,14-15,20,24H,3-10H2,1-2H3. The summed E-state index contributed by atoms with van der Waals surface area (Å²) < 4.78 is 2.29. The van der Waals surface area contributed by atoms with Crippen LogP contribution in [0.15, 0.2) is 9.59 Å². The van der Waals surface area contributed by atoms with Crippen molar-refractivity contribution >= 4 is 5.82 Å². The minimum Gasteiger partial charge on any atom is -0.391 e. The Morgan fingerprint density at radius 1 is 1.08 bits per heavy atom. The Hall–Kier alpha value is -2.11. The van der Waals surface area contributed by atoms with E-state index in [1.807, 2.05) is 6.07 Å². The molecule has 1 aliphatic heterocycles. The molecular formula is C18H27N5O3. The van der Waals surface area contributed by atoms with Crippen LogP contribution in [0, 0.1) is 11.3 Å². The predicted molar refractivity (Wildman–Crippen MR) is 98.1 cm³/mol. The first-order valence-electron chi connectivity index (χ1n) is 9.32. The summed E-state index contributed by atoms with van der Waals surface area (Å²) in [6.07, 6.45) is 5.64. The zero-order chi connectivity index (χ0) is 18.8. The lowest BCUT2D eigenvalue weighted by Crippen LogP contribution is -2.51. The molecule has 1 aromatic rings. The van der Waals surface area contributed by atoms with Gasteiger partial charge >= 0.3 is 5.69 Å². The van der Waals surface area contributed by atoms with Gasteiger partial charge in [-0.25, -0.2) is 4.79 Å². The van der Waals surface area contributed by atoms with Crippen LogP contribution < -0.4 is 16.6 Å². The third kappa shape index (κ3) is 3.41. The molecular weight excluding hydrogens is 334 g/mol. The number of piperidine rings is 1. The van der Waals surface area contributed by atoms with Gasteiger partial charge in [0.2, 0.25) is 0 Å². The van der Waals surface area contributed by atoms with Crippen LogP contribution in [0.25, 0.3) is 0 Å². The van der Waals surface area contributed by atoms with Crippen LogP contribution >= 0.6 is 0 Å². The van der Waals surface area contributed by atoms with Gasteiger partial charge in [-0.15, -0.1) is 0 Å². The van der Waals surface area contributed by atoms with Crippen LogP contribution in [-0.4, -0.2) is 50.4 Å². The Morgan fingerprint density at radius 3 is 2.35 bits per heavy atom. The van der Waals surface area contributed by atoms with Gasteiger partial charge in [0.25, 0.3) is 5.56 Å². The van der Waals surface area contributed by atoms with E-state index in [-0.39, 0.29) is 23.8 Å². The van der Waals surface area contributed by atoms with Crippen molar-refractivity contribution in [1.82, 2.24) is 14.0 Å². The maximum absolute atomic E-state index is 12.2. The van der Waals surface area contributed by atoms with E-state index in [9.17, 15) is 20.0 Å². The summed E-state index contributed by atoms with van der Waals surface area (Å²) in [4.78, 5) is 26.7. The number of anilines is 1. The Morgan fingerprint density at radius 2 is 1.73 bits per heavy atom. The van der Waals surface area contributed by atoms with Gasteiger partial charge in [-0.2, -0.15) is 5.26 Å². The molecule has 2 atom stereocenters. The molecule has 0 radical (unpaired) electrons. The van der Waals surface area contributed by atoms with E-state index in [2.05, 4.69) is 10.2 Å². The van der Waals surface area contributed by atoms with Crippen LogP contribution in [0.4, 0.5) is 5.82 Å². The molecule has 2 aliphatic rings. The Labute approximate surface area is 152 Å². The van der Waals surface area contributed by atoms with E-state index in [1.165, 1.54) is 18.0 Å². The smallest absolute Gasteiger partial charge is 0.332 e. The Balaban J connectivity index is 1.72. The van der Waals surface area contributed by atoms with E-state index in [1.54, 1.807) is 7.05 Å². The number of aromatic nitrogens is 2. The highest BCUT2D eigenvalue weighted by Gasteiger charge is 2.32. The van der Waals surface area contributed by atoms with Gasteiger partial charge in [0.15, 0.2) is 5.56 Å². The molecule has 1 saturated heterocycles. The van der Waals surface area contributed by atoms with Crippen LogP contribution in [0.3, 0.4) is 0 Å². The zero-order valence-corrected chi connectivity index (χ0v) is 15.4. The summed E-state index contributed by atoms with van der Waals surface area (Å²) in [5, 5.41) is 22.9. The molecule has 1 saturated carbocycles. The highest BCUT2D eigenvalue weighted by atomic mass is 16.3. The van der Waals surface area contributed by atoms with Crippen molar-refractivity contribution in [1.29, 1.82) is 5.26 Å². The number of hydrogen-bond donors (Lipinski definition) is 2. The minimum atomic E-state index is -0.569. The molecule has 0 spiro atoms. The average molecular weight is 361 g/mol. The molecule has 0 amide bonds. The second-order valence-corrected chi connectivity index (χ2v) is 7.41. The molecule has 2 unspecified atom stereocenters. The van der Waals surface area contributed by atoms with E-state index < -0.39 is 11.2 Å². The molecule has 8 nitrogen and oxygen atoms in total. The number of nitriles is 1. The second kappa shape index (κ2) is 7.64. The first-order chi connectivity index (χ1) is 12.4. The highest BCUT2D eigenvalue weighted by Crippen LogP contribution is 2.26. The molecule has 2 N–H and O–H groups in total. The van der Waals surface area contributed by atoms with Crippen molar-refractivity contribution in [2.45, 2.75) is 56.7 Å². The number of nitrogens with zero attached hydrogens (tertiary/aromatic N) is 4. The second-order valence-electron chi connectivity index (χ2n) is 7.41. The van der Waals surface area contributed by atoms with Crippen molar-refractivity contribution in [3.8, 4) is 6.07 Å². The van der Waals surface area contributed by atoms with Crippen molar-refractivity contribution in [2.24, 2.45) is 14.1 Å². The maximum Gasteiger partial charge on any atom is 0.332 e. The minimum absolute atomic E-state index is 0.0280. The SMILES string of the molecule is Cn1c(NC2CCN(C3CCCCC3O)CC2)c(C#N)c(=O)n(C)c1=O. The van der Waals surface area contributed by atoms with Gasteiger partial charge in [-0.05, 0) is 25.7 Å². The fourth-order valence-corrected chi connectivity index (χ4v) is 4.20. The normalized spacial score (nSPS) is 25.0. The van der Waals surface area contributed by atoms with Gasteiger partial charge in [0, 0.05) is 39.3 Å². The van der Waals surface area contributed by atoms with Crippen LogP contribution in [0.2, 0.25) is 0 Å². The molecule has 8 heteroatoms. The van der Waals surface area contributed by atoms with E-state index in [0.717, 1.165) is 49.8 Å². The summed E-state index contributed by atoms with van der Waals surface area (Å²) in [5.41, 5.74) is -1.04. The van der Waals surface area contributed by atoms with Gasteiger partial charge in [-0.3, -0.25) is 18.8 Å². The first-order valence-corrected chi connectivity index (χ1v) is 9.32. The van der Waals surface area contributed by atoms with Crippen molar-refractivity contribution in [2.75, 3.05) is 18.4 Å². The summed E-state index contributed by atoms with van der Waals surface area (Å²) >= 11 is 0. The molecule has 0 aromatic carbocycles. The van der Waals surface area contributed by atoms with Crippen LogP contribution in [0.5, 0.6) is 0 Å². The maximum atomic E-state index is 12.2. The van der Waals surface area contributed by atoms with Gasteiger partial charge < -0.3 is 10.4 Å². The van der Waals surface area contributed by atoms with E-state index in [4.69, 9.17) is 0 Å². The third-order valence-corrected chi connectivity index (χ3v) is 5.81. The summed E-state index contributed by atoms with van der Waals surface area (Å²) in [5.74, 6) is 0.303. The lowest BCUT2D eigenvalue weighted by molar-refractivity contribution is 0.00991. The lowest BCUT2D eigenvalue weighted by atomic mass is 9.89. The lowest BCUT2D eigenvalue weighted by Gasteiger charge is -2.41. The largest absolute Gasteiger partial charge is 0.391 e. The van der Waals surface area contributed by atoms with Gasteiger partial charge in [0.1, 0.15) is 11.9 Å². The number of rotatable bonds is 3. The quantitative estimate of drug-likeness (QED) is 0.794. The van der Waals surface area contributed by atoms with Crippen molar-refractivity contribution in [3.63, 3.8) is 0 Å². The van der Waals surface area contributed by atoms with Crippen molar-refractivity contribution < 1.29 is 5.11 Å². The number of aliphatic hydroxyl groups excluding tert-OH is 1. The average Bonchev–Trinajstić information content (AvgIpc) is 2.66. The summed E-state index contributed by atoms with van der Waals surface area (Å²) in [7, 11) is 2.95. The Kier molecular flexibility index (Phi) is 5.49. The fraction of sp³-hybridized carbons (Fsp3) is 0.722. The number of likely N-dealkylation sites (tertiary alicyclic amines) is 1. The fourth-order valence-electron chi connectivity index (χ4n) is 4.20. The highest BCUT2D eigenvalue weighted by molar-refractivity contribution is 5.51. The van der Waals surface area contributed by atoms with Crippen LogP contribution in [-0.2, 0) is 14.1 Å². The summed E-state index contributed by atoms with van der Waals surface area (Å²) in [6, 6.07) is 2.27. The topological polar surface area (TPSA) is 103 Å². The Bertz CT molecular complexity index is 814. The first kappa shape index (κ1) is 18.7. The molecule has 3 rings (SSSR count). The number of aliphatic hydroxyl groups is 1.